The zero-order chi connectivity index (χ0) is 23.5. The minimum Gasteiger partial charge on any atom is -0.478 e. The van der Waals surface area contributed by atoms with Gasteiger partial charge in [-0.1, -0.05) is 6.07 Å². The lowest BCUT2D eigenvalue weighted by Gasteiger charge is -2.28. The van der Waals surface area contributed by atoms with E-state index >= 15 is 0 Å². The van der Waals surface area contributed by atoms with Crippen molar-refractivity contribution in [2.45, 2.75) is 32.4 Å². The number of carbonyl (C=O) groups is 1. The van der Waals surface area contributed by atoms with Crippen molar-refractivity contribution < 1.29 is 14.6 Å². The highest BCUT2D eigenvalue weighted by Crippen LogP contribution is 2.41. The van der Waals surface area contributed by atoms with Gasteiger partial charge in [-0.15, -0.1) is 0 Å². The van der Waals surface area contributed by atoms with E-state index in [0.717, 1.165) is 41.3 Å². The Morgan fingerprint density at radius 1 is 1.21 bits per heavy atom. The van der Waals surface area contributed by atoms with E-state index in [-0.39, 0.29) is 17.6 Å². The van der Waals surface area contributed by atoms with E-state index in [2.05, 4.69) is 39.7 Å². The number of thiocarbonyl (C=S) groups is 1. The number of hydrogen-bond donors (Lipinski definition) is 2. The molecule has 3 heterocycles. The second-order valence-electron chi connectivity index (χ2n) is 8.18. The van der Waals surface area contributed by atoms with E-state index < -0.39 is 5.97 Å². The molecule has 4 rings (SSSR count). The van der Waals surface area contributed by atoms with Crippen LogP contribution in [0, 0.1) is 13.8 Å². The molecule has 1 aromatic carbocycles. The maximum atomic E-state index is 11.3. The molecule has 1 aliphatic heterocycles. The number of aromatic nitrogens is 2. The Balaban J connectivity index is 1.76. The zero-order valence-electron chi connectivity index (χ0n) is 19.0. The summed E-state index contributed by atoms with van der Waals surface area (Å²) in [7, 11) is 1.71. The normalized spacial score (nSPS) is 17.9. The van der Waals surface area contributed by atoms with Crippen LogP contribution in [0.5, 0.6) is 0 Å². The fraction of sp³-hybridized carbons (Fsp3) is 0.320. The number of nitrogens with one attached hydrogen (secondary N) is 1. The predicted octanol–water partition coefficient (Wildman–Crippen LogP) is 4.20. The lowest BCUT2D eigenvalue weighted by atomic mass is 9.96. The molecule has 172 valence electrons. The number of hydrogen-bond acceptors (Lipinski definition) is 4. The SMILES string of the molecule is COCCCN1C(=S)NC(c2ccccn2)C1c1cc(C)n(-c2ccc(C(=O)O)cc2)c1C. The molecule has 2 atom stereocenters. The number of nitrogens with zero attached hydrogens (tertiary/aromatic N) is 3. The zero-order valence-corrected chi connectivity index (χ0v) is 19.8. The molecule has 0 bridgehead atoms. The Bertz CT molecular complexity index is 1140. The number of methoxy groups -OCH3 is 1. The number of ether oxygens (including phenoxy) is 1. The first-order valence-corrected chi connectivity index (χ1v) is 11.3. The molecule has 2 N–H and O–H groups in total. The van der Waals surface area contributed by atoms with Gasteiger partial charge in [0.25, 0.3) is 0 Å². The Hall–Kier alpha value is -3.23. The van der Waals surface area contributed by atoms with Crippen LogP contribution in [0.3, 0.4) is 0 Å². The third-order valence-corrected chi connectivity index (χ3v) is 6.46. The molecule has 1 fully saturated rings. The van der Waals surface area contributed by atoms with E-state index in [9.17, 15) is 9.90 Å². The Morgan fingerprint density at radius 2 is 1.97 bits per heavy atom. The summed E-state index contributed by atoms with van der Waals surface area (Å²) in [5.41, 5.74) is 5.45. The number of rotatable bonds is 8. The summed E-state index contributed by atoms with van der Waals surface area (Å²) in [5.74, 6) is -0.932. The van der Waals surface area contributed by atoms with Crippen LogP contribution in [0.2, 0.25) is 0 Å². The van der Waals surface area contributed by atoms with Crippen LogP contribution in [-0.4, -0.2) is 50.9 Å². The molecule has 7 nitrogen and oxygen atoms in total. The van der Waals surface area contributed by atoms with Gasteiger partial charge in [-0.05, 0) is 80.5 Å². The van der Waals surface area contributed by atoms with Gasteiger partial charge in [0.2, 0.25) is 0 Å². The summed E-state index contributed by atoms with van der Waals surface area (Å²) in [6.07, 6.45) is 2.66. The van der Waals surface area contributed by atoms with Crippen LogP contribution in [-0.2, 0) is 4.74 Å². The van der Waals surface area contributed by atoms with Crippen LogP contribution >= 0.6 is 12.2 Å². The first kappa shape index (κ1) is 22.9. The van der Waals surface area contributed by atoms with Gasteiger partial charge in [0, 0.05) is 43.5 Å². The summed E-state index contributed by atoms with van der Waals surface area (Å²) in [6.45, 7) is 5.59. The summed E-state index contributed by atoms with van der Waals surface area (Å²) >= 11 is 5.74. The minimum atomic E-state index is -0.932. The van der Waals surface area contributed by atoms with Crippen molar-refractivity contribution >= 4 is 23.3 Å². The van der Waals surface area contributed by atoms with Gasteiger partial charge in [-0.2, -0.15) is 0 Å². The molecular weight excluding hydrogens is 436 g/mol. The summed E-state index contributed by atoms with van der Waals surface area (Å²) in [6, 6.07) is 15.0. The summed E-state index contributed by atoms with van der Waals surface area (Å²) in [5, 5.41) is 13.4. The van der Waals surface area contributed by atoms with Gasteiger partial charge in [-0.25, -0.2) is 4.79 Å². The van der Waals surface area contributed by atoms with E-state index in [1.807, 2.05) is 30.3 Å². The van der Waals surface area contributed by atoms with Gasteiger partial charge in [0.1, 0.15) is 0 Å². The first-order chi connectivity index (χ1) is 15.9. The van der Waals surface area contributed by atoms with E-state index in [0.29, 0.717) is 11.7 Å². The molecule has 2 aromatic heterocycles. The molecule has 0 saturated carbocycles. The van der Waals surface area contributed by atoms with Crippen molar-refractivity contribution in [3.8, 4) is 5.69 Å². The molecule has 0 amide bonds. The van der Waals surface area contributed by atoms with Crippen molar-refractivity contribution in [2.75, 3.05) is 20.3 Å². The van der Waals surface area contributed by atoms with Crippen LogP contribution in [0.15, 0.2) is 54.7 Å². The maximum Gasteiger partial charge on any atom is 0.335 e. The standard InChI is InChI=1S/C25H28N4O3S/c1-16-15-20(17(2)29(16)19-10-8-18(9-11-19)24(30)31)23-22(21-7-4-5-12-26-21)27-25(33)28(23)13-6-14-32-3/h4-5,7-12,15,22-23H,6,13-14H2,1-3H3,(H,27,33)(H,30,31). The molecule has 8 heteroatoms. The summed E-state index contributed by atoms with van der Waals surface area (Å²) in [4.78, 5) is 18.1. The highest BCUT2D eigenvalue weighted by atomic mass is 32.1. The van der Waals surface area contributed by atoms with Crippen molar-refractivity contribution in [1.82, 2.24) is 19.8 Å². The molecule has 2 unspecified atom stereocenters. The number of aromatic carboxylic acids is 1. The van der Waals surface area contributed by atoms with Crippen LogP contribution < -0.4 is 5.32 Å². The largest absolute Gasteiger partial charge is 0.478 e. The number of carboxylic acid groups (broad SMARTS) is 1. The van der Waals surface area contributed by atoms with Gasteiger partial charge >= 0.3 is 5.97 Å². The molecule has 3 aromatic rings. The van der Waals surface area contributed by atoms with Crippen molar-refractivity contribution in [3.63, 3.8) is 0 Å². The minimum absolute atomic E-state index is 0.0255. The Kier molecular flexibility index (Phi) is 6.76. The molecular formula is C25H28N4O3S. The fourth-order valence-electron chi connectivity index (χ4n) is 4.60. The highest BCUT2D eigenvalue weighted by molar-refractivity contribution is 7.80. The quantitative estimate of drug-likeness (QED) is 0.382. The number of benzene rings is 1. The Morgan fingerprint density at radius 3 is 2.61 bits per heavy atom. The second kappa shape index (κ2) is 9.72. The average Bonchev–Trinajstić information content (AvgIpc) is 3.29. The molecule has 0 aliphatic carbocycles. The number of aryl methyl sites for hydroxylation is 1. The molecule has 0 spiro atoms. The van der Waals surface area contributed by atoms with Gasteiger partial charge < -0.3 is 24.6 Å². The third kappa shape index (κ3) is 4.49. The van der Waals surface area contributed by atoms with Crippen LogP contribution in [0.1, 0.15) is 51.5 Å². The van der Waals surface area contributed by atoms with Crippen molar-refractivity contribution in [3.05, 3.63) is 82.9 Å². The van der Waals surface area contributed by atoms with Crippen molar-refractivity contribution in [1.29, 1.82) is 0 Å². The topological polar surface area (TPSA) is 79.6 Å². The lowest BCUT2D eigenvalue weighted by molar-refractivity contribution is 0.0697. The smallest absolute Gasteiger partial charge is 0.335 e. The van der Waals surface area contributed by atoms with Gasteiger partial charge in [0.05, 0.1) is 23.3 Å². The molecule has 1 saturated heterocycles. The van der Waals surface area contributed by atoms with Gasteiger partial charge in [0.15, 0.2) is 5.11 Å². The number of carboxylic acids is 1. The second-order valence-corrected chi connectivity index (χ2v) is 8.57. The number of pyridine rings is 1. The Labute approximate surface area is 199 Å². The van der Waals surface area contributed by atoms with Crippen molar-refractivity contribution in [2.24, 2.45) is 0 Å². The molecule has 0 radical (unpaired) electrons. The third-order valence-electron chi connectivity index (χ3n) is 6.11. The van der Waals surface area contributed by atoms with E-state index in [4.69, 9.17) is 17.0 Å². The fourth-order valence-corrected chi connectivity index (χ4v) is 4.93. The molecule has 1 aliphatic rings. The van der Waals surface area contributed by atoms with Crippen LogP contribution in [0.4, 0.5) is 0 Å². The average molecular weight is 465 g/mol. The van der Waals surface area contributed by atoms with E-state index in [1.165, 1.54) is 0 Å². The van der Waals surface area contributed by atoms with Crippen LogP contribution in [0.25, 0.3) is 5.69 Å². The summed E-state index contributed by atoms with van der Waals surface area (Å²) < 4.78 is 7.43. The molecule has 33 heavy (non-hydrogen) atoms. The van der Waals surface area contributed by atoms with E-state index in [1.54, 1.807) is 25.4 Å². The van der Waals surface area contributed by atoms with Gasteiger partial charge in [-0.3, -0.25) is 4.98 Å². The first-order valence-electron chi connectivity index (χ1n) is 10.9. The maximum absolute atomic E-state index is 11.3. The predicted molar refractivity (Wildman–Crippen MR) is 131 cm³/mol. The highest BCUT2D eigenvalue weighted by Gasteiger charge is 2.41. The monoisotopic (exact) mass is 464 g/mol. The lowest BCUT2D eigenvalue weighted by Crippen LogP contribution is -2.31.